The first-order valence-electron chi connectivity index (χ1n) is 6.50. The van der Waals surface area contributed by atoms with Crippen molar-refractivity contribution in [2.24, 2.45) is 0 Å². The number of halogens is 1. The Labute approximate surface area is 124 Å². The number of hydrogen-bond acceptors (Lipinski definition) is 2. The monoisotopic (exact) mass is 289 g/mol. The summed E-state index contributed by atoms with van der Waals surface area (Å²) < 4.78 is 18.4. The maximum absolute atomic E-state index is 13.6. The van der Waals surface area contributed by atoms with Crippen LogP contribution in [0.3, 0.4) is 0 Å². The van der Waals surface area contributed by atoms with Crippen LogP contribution in [0.2, 0.25) is 0 Å². The van der Waals surface area contributed by atoms with Crippen molar-refractivity contribution in [2.45, 2.75) is 20.4 Å². The van der Waals surface area contributed by atoms with Gasteiger partial charge in [-0.05, 0) is 42.7 Å². The summed E-state index contributed by atoms with van der Waals surface area (Å²) in [5, 5.41) is 2.75. The molecule has 112 valence electrons. The molecule has 3 nitrogen and oxygen atoms in total. The Balaban J connectivity index is 2.83. The predicted molar refractivity (Wildman–Crippen MR) is 82.5 cm³/mol. The van der Waals surface area contributed by atoms with E-state index in [0.29, 0.717) is 16.7 Å². The van der Waals surface area contributed by atoms with Crippen LogP contribution in [0.15, 0.2) is 54.2 Å². The van der Waals surface area contributed by atoms with E-state index in [2.05, 4.69) is 18.5 Å². The van der Waals surface area contributed by atoms with Crippen molar-refractivity contribution in [3.63, 3.8) is 0 Å². The number of hydrogen-bond donors (Lipinski definition) is 1. The fraction of sp³-hybridized carbons (Fsp3) is 0.235. The molecule has 0 atom stereocenters. The molecule has 21 heavy (non-hydrogen) atoms. The molecule has 0 aliphatic heterocycles. The quantitative estimate of drug-likeness (QED) is 0.642. The smallest absolute Gasteiger partial charge is 0.252 e. The lowest BCUT2D eigenvalue weighted by Gasteiger charge is -2.11. The standard InChI is InChI=1S/C17H20FNO2/c1-6-12(4)16(11(2)3)17(20)19-10-13-7-8-15(21-5)14(18)9-13/h6-9H,1-2,10H2,3-5H3,(H,19,20)/b16-12+. The second-order valence-electron chi connectivity index (χ2n) is 4.69. The molecule has 0 unspecified atom stereocenters. The minimum absolute atomic E-state index is 0.176. The Morgan fingerprint density at radius 2 is 2.10 bits per heavy atom. The summed E-state index contributed by atoms with van der Waals surface area (Å²) in [7, 11) is 1.40. The Bertz CT molecular complexity index is 603. The van der Waals surface area contributed by atoms with Crippen LogP contribution in [0.25, 0.3) is 0 Å². The first kappa shape index (κ1) is 16.7. The minimum atomic E-state index is -0.456. The molecular weight excluding hydrogens is 269 g/mol. The molecule has 0 aliphatic rings. The van der Waals surface area contributed by atoms with E-state index < -0.39 is 5.82 Å². The summed E-state index contributed by atoms with van der Waals surface area (Å²) in [6.07, 6.45) is 1.61. The summed E-state index contributed by atoms with van der Waals surface area (Å²) in [5.41, 5.74) is 2.56. The zero-order valence-corrected chi connectivity index (χ0v) is 12.6. The largest absolute Gasteiger partial charge is 0.494 e. The van der Waals surface area contributed by atoms with Gasteiger partial charge >= 0.3 is 0 Å². The van der Waals surface area contributed by atoms with Crippen LogP contribution in [-0.4, -0.2) is 13.0 Å². The van der Waals surface area contributed by atoms with E-state index in [1.54, 1.807) is 26.0 Å². The normalized spacial score (nSPS) is 11.4. The average Bonchev–Trinajstić information content (AvgIpc) is 2.44. The molecule has 1 amide bonds. The Morgan fingerprint density at radius 1 is 1.43 bits per heavy atom. The molecule has 0 radical (unpaired) electrons. The Morgan fingerprint density at radius 3 is 2.57 bits per heavy atom. The van der Waals surface area contributed by atoms with E-state index in [1.165, 1.54) is 19.2 Å². The average molecular weight is 289 g/mol. The lowest BCUT2D eigenvalue weighted by atomic mass is 10.0. The molecule has 1 aromatic rings. The summed E-state index contributed by atoms with van der Waals surface area (Å²) >= 11 is 0. The molecule has 0 aliphatic carbocycles. The molecule has 1 rings (SSSR count). The third kappa shape index (κ3) is 4.31. The van der Waals surface area contributed by atoms with Crippen LogP contribution < -0.4 is 10.1 Å². The van der Waals surface area contributed by atoms with Crippen molar-refractivity contribution in [3.05, 3.63) is 65.5 Å². The van der Waals surface area contributed by atoms with E-state index in [0.717, 1.165) is 5.57 Å². The lowest BCUT2D eigenvalue weighted by Crippen LogP contribution is -2.25. The van der Waals surface area contributed by atoms with Crippen LogP contribution in [0.5, 0.6) is 5.75 Å². The van der Waals surface area contributed by atoms with Gasteiger partial charge in [0.05, 0.1) is 7.11 Å². The highest BCUT2D eigenvalue weighted by Gasteiger charge is 2.12. The van der Waals surface area contributed by atoms with Gasteiger partial charge in [0.1, 0.15) is 0 Å². The first-order chi connectivity index (χ1) is 9.90. The van der Waals surface area contributed by atoms with Crippen LogP contribution in [0.4, 0.5) is 4.39 Å². The number of rotatable bonds is 6. The van der Waals surface area contributed by atoms with E-state index in [-0.39, 0.29) is 18.2 Å². The van der Waals surface area contributed by atoms with Gasteiger partial charge in [0.25, 0.3) is 5.91 Å². The zero-order chi connectivity index (χ0) is 16.0. The van der Waals surface area contributed by atoms with Crippen molar-refractivity contribution in [3.8, 4) is 5.75 Å². The Hall–Kier alpha value is -2.36. The van der Waals surface area contributed by atoms with Gasteiger partial charge in [0.15, 0.2) is 11.6 Å². The van der Waals surface area contributed by atoms with E-state index >= 15 is 0 Å². The number of allylic oxidation sites excluding steroid dienone is 2. The summed E-state index contributed by atoms with van der Waals surface area (Å²) in [6.45, 7) is 11.2. The molecule has 0 heterocycles. The van der Waals surface area contributed by atoms with Gasteiger partial charge in [-0.15, -0.1) is 0 Å². The second-order valence-corrected chi connectivity index (χ2v) is 4.69. The Kier molecular flexibility index (Phi) is 5.91. The fourth-order valence-electron chi connectivity index (χ4n) is 1.90. The summed E-state index contributed by atoms with van der Waals surface area (Å²) in [6, 6.07) is 4.57. The van der Waals surface area contributed by atoms with E-state index in [1.807, 2.05) is 0 Å². The molecule has 0 aromatic heterocycles. The van der Waals surface area contributed by atoms with Gasteiger partial charge in [-0.25, -0.2) is 4.39 Å². The van der Waals surface area contributed by atoms with Gasteiger partial charge in [0.2, 0.25) is 0 Å². The molecule has 0 saturated carbocycles. The maximum Gasteiger partial charge on any atom is 0.252 e. The summed E-state index contributed by atoms with van der Waals surface area (Å²) in [4.78, 5) is 12.2. The van der Waals surface area contributed by atoms with Gasteiger partial charge < -0.3 is 10.1 Å². The highest BCUT2D eigenvalue weighted by molar-refractivity contribution is 5.98. The number of benzene rings is 1. The third-order valence-corrected chi connectivity index (χ3v) is 3.02. The lowest BCUT2D eigenvalue weighted by molar-refractivity contribution is -0.117. The number of carbonyl (C=O) groups is 1. The maximum atomic E-state index is 13.6. The molecule has 4 heteroatoms. The molecule has 0 spiro atoms. The zero-order valence-electron chi connectivity index (χ0n) is 12.6. The topological polar surface area (TPSA) is 38.3 Å². The van der Waals surface area contributed by atoms with Gasteiger partial charge in [-0.3, -0.25) is 4.79 Å². The van der Waals surface area contributed by atoms with Crippen molar-refractivity contribution >= 4 is 5.91 Å². The highest BCUT2D eigenvalue weighted by atomic mass is 19.1. The van der Waals surface area contributed by atoms with Crippen LogP contribution >= 0.6 is 0 Å². The van der Waals surface area contributed by atoms with Gasteiger partial charge in [-0.1, -0.05) is 25.3 Å². The molecule has 0 saturated heterocycles. The summed E-state index contributed by atoms with van der Waals surface area (Å²) in [5.74, 6) is -0.534. The van der Waals surface area contributed by atoms with Crippen molar-refractivity contribution in [1.29, 1.82) is 0 Å². The van der Waals surface area contributed by atoms with Crippen LogP contribution in [0, 0.1) is 5.82 Å². The van der Waals surface area contributed by atoms with Gasteiger partial charge in [0, 0.05) is 12.1 Å². The van der Waals surface area contributed by atoms with Crippen molar-refractivity contribution in [2.75, 3.05) is 7.11 Å². The molecular formula is C17H20FNO2. The second kappa shape index (κ2) is 7.43. The fourth-order valence-corrected chi connectivity index (χ4v) is 1.90. The van der Waals surface area contributed by atoms with Crippen molar-refractivity contribution < 1.29 is 13.9 Å². The number of methoxy groups -OCH3 is 1. The SMILES string of the molecule is C=C/C(C)=C(\C(=C)C)C(=O)NCc1ccc(OC)c(F)c1. The minimum Gasteiger partial charge on any atom is -0.494 e. The highest BCUT2D eigenvalue weighted by Crippen LogP contribution is 2.18. The third-order valence-electron chi connectivity index (χ3n) is 3.02. The van der Waals surface area contributed by atoms with Crippen molar-refractivity contribution in [1.82, 2.24) is 5.32 Å². The number of carbonyl (C=O) groups excluding carboxylic acids is 1. The molecule has 0 fully saturated rings. The number of ether oxygens (including phenoxy) is 1. The van der Waals surface area contributed by atoms with Crippen LogP contribution in [-0.2, 0) is 11.3 Å². The first-order valence-corrected chi connectivity index (χ1v) is 6.50. The van der Waals surface area contributed by atoms with E-state index in [9.17, 15) is 9.18 Å². The number of nitrogens with one attached hydrogen (secondary N) is 1. The molecule has 0 bridgehead atoms. The molecule has 1 aromatic carbocycles. The van der Waals surface area contributed by atoms with Gasteiger partial charge in [-0.2, -0.15) is 0 Å². The van der Waals surface area contributed by atoms with Crippen LogP contribution in [0.1, 0.15) is 19.4 Å². The van der Waals surface area contributed by atoms with E-state index in [4.69, 9.17) is 4.74 Å². The molecule has 1 N–H and O–H groups in total. The predicted octanol–water partition coefficient (Wildman–Crippen LogP) is 3.53. The number of amides is 1.